The first-order valence-corrected chi connectivity index (χ1v) is 7.26. The molecule has 0 unspecified atom stereocenters. The smallest absolute Gasteiger partial charge is 0.253 e. The summed E-state index contributed by atoms with van der Waals surface area (Å²) in [5.41, 5.74) is 0.504. The second-order valence-electron chi connectivity index (χ2n) is 5.36. The summed E-state index contributed by atoms with van der Waals surface area (Å²) >= 11 is 4.02. The van der Waals surface area contributed by atoms with Crippen molar-refractivity contribution in [1.82, 2.24) is 4.90 Å². The van der Waals surface area contributed by atoms with Gasteiger partial charge in [0.25, 0.3) is 5.91 Å². The van der Waals surface area contributed by atoms with Gasteiger partial charge in [-0.2, -0.15) is 0 Å². The molecule has 2 nitrogen and oxygen atoms in total. The van der Waals surface area contributed by atoms with E-state index in [4.69, 9.17) is 0 Å². The van der Waals surface area contributed by atoms with E-state index in [0.717, 1.165) is 6.54 Å². The first-order valence-electron chi connectivity index (χ1n) is 6.82. The van der Waals surface area contributed by atoms with E-state index in [2.05, 4.69) is 12.6 Å². The second kappa shape index (κ2) is 6.42. The molecular weight excluding hydrogens is 261 g/mol. The van der Waals surface area contributed by atoms with Crippen LogP contribution in [-0.2, 0) is 0 Å². The maximum atomic E-state index is 13.1. The fourth-order valence-electron chi connectivity index (χ4n) is 2.71. The highest BCUT2D eigenvalue weighted by Gasteiger charge is 2.19. The summed E-state index contributed by atoms with van der Waals surface area (Å²) in [6.45, 7) is 0.790. The first kappa shape index (κ1) is 14.4. The number of hydrogen-bond acceptors (Lipinski definition) is 2. The molecule has 0 aliphatic heterocycles. The fourth-order valence-corrected chi connectivity index (χ4v) is 2.92. The predicted molar refractivity (Wildman–Crippen MR) is 77.2 cm³/mol. The molecule has 1 aliphatic carbocycles. The Morgan fingerprint density at radius 3 is 2.68 bits per heavy atom. The van der Waals surface area contributed by atoms with E-state index in [1.807, 2.05) is 7.05 Å². The van der Waals surface area contributed by atoms with Gasteiger partial charge in [0, 0.05) is 24.1 Å². The molecule has 4 heteroatoms. The first-order chi connectivity index (χ1) is 9.08. The third-order valence-corrected chi connectivity index (χ3v) is 4.14. The van der Waals surface area contributed by atoms with Crippen LogP contribution < -0.4 is 0 Å². The van der Waals surface area contributed by atoms with Crippen LogP contribution in [0.15, 0.2) is 23.1 Å². The molecule has 1 amide bonds. The quantitative estimate of drug-likeness (QED) is 0.836. The van der Waals surface area contributed by atoms with Gasteiger partial charge >= 0.3 is 0 Å². The molecule has 1 aromatic rings. The number of carbonyl (C=O) groups excluding carboxylic acids is 1. The molecule has 0 bridgehead atoms. The van der Waals surface area contributed by atoms with Crippen LogP contribution in [0.5, 0.6) is 0 Å². The SMILES string of the molecule is CN(CC1CCCCC1)C(=O)c1ccc(F)c(S)c1. The lowest BCUT2D eigenvalue weighted by molar-refractivity contribution is 0.0760. The normalized spacial score (nSPS) is 16.4. The lowest BCUT2D eigenvalue weighted by Gasteiger charge is -2.27. The maximum Gasteiger partial charge on any atom is 0.253 e. The van der Waals surface area contributed by atoms with Crippen molar-refractivity contribution in [2.75, 3.05) is 13.6 Å². The van der Waals surface area contributed by atoms with E-state index in [1.54, 1.807) is 4.90 Å². The van der Waals surface area contributed by atoms with Gasteiger partial charge in [-0.1, -0.05) is 19.3 Å². The van der Waals surface area contributed by atoms with Gasteiger partial charge in [-0.05, 0) is 37.0 Å². The number of nitrogens with zero attached hydrogens (tertiary/aromatic N) is 1. The van der Waals surface area contributed by atoms with Gasteiger partial charge in [-0.15, -0.1) is 12.6 Å². The highest BCUT2D eigenvalue weighted by molar-refractivity contribution is 7.80. The Hall–Kier alpha value is -1.03. The fraction of sp³-hybridized carbons (Fsp3) is 0.533. The number of thiol groups is 1. The minimum Gasteiger partial charge on any atom is -0.341 e. The summed E-state index contributed by atoms with van der Waals surface area (Å²) in [5.74, 6) is 0.161. The van der Waals surface area contributed by atoms with Gasteiger partial charge in [-0.3, -0.25) is 4.79 Å². The molecule has 1 aliphatic rings. The molecular formula is C15H20FNOS. The van der Waals surface area contributed by atoms with E-state index >= 15 is 0 Å². The molecule has 0 aromatic heterocycles. The summed E-state index contributed by atoms with van der Waals surface area (Å²) in [7, 11) is 1.82. The van der Waals surface area contributed by atoms with Gasteiger partial charge in [0.1, 0.15) is 5.82 Å². The predicted octanol–water partition coefficient (Wildman–Crippen LogP) is 3.77. The molecule has 104 valence electrons. The number of rotatable bonds is 3. The number of amides is 1. The second-order valence-corrected chi connectivity index (χ2v) is 5.84. The van der Waals surface area contributed by atoms with Crippen LogP contribution in [0.4, 0.5) is 4.39 Å². The Labute approximate surface area is 119 Å². The van der Waals surface area contributed by atoms with E-state index < -0.39 is 5.82 Å². The van der Waals surface area contributed by atoms with Crippen LogP contribution in [0.25, 0.3) is 0 Å². The van der Waals surface area contributed by atoms with Crippen LogP contribution in [0, 0.1) is 11.7 Å². The van der Waals surface area contributed by atoms with Crippen LogP contribution in [-0.4, -0.2) is 24.4 Å². The largest absolute Gasteiger partial charge is 0.341 e. The maximum absolute atomic E-state index is 13.1. The molecule has 1 aromatic carbocycles. The summed E-state index contributed by atoms with van der Waals surface area (Å²) < 4.78 is 13.1. The molecule has 19 heavy (non-hydrogen) atoms. The Balaban J connectivity index is 1.99. The van der Waals surface area contributed by atoms with Crippen molar-refractivity contribution in [2.45, 2.75) is 37.0 Å². The molecule has 1 fully saturated rings. The van der Waals surface area contributed by atoms with Gasteiger partial charge < -0.3 is 4.90 Å². The van der Waals surface area contributed by atoms with Crippen molar-refractivity contribution in [3.05, 3.63) is 29.6 Å². The Bertz CT molecular complexity index is 457. The summed E-state index contributed by atoms with van der Waals surface area (Å²) in [5, 5.41) is 0. The molecule has 0 heterocycles. The number of halogens is 1. The third kappa shape index (κ3) is 3.72. The third-order valence-electron chi connectivity index (χ3n) is 3.80. The van der Waals surface area contributed by atoms with Crippen molar-refractivity contribution in [3.63, 3.8) is 0 Å². The highest BCUT2D eigenvalue weighted by atomic mass is 32.1. The standard InChI is InChI=1S/C15H20FNOS/c1-17(10-11-5-3-2-4-6-11)15(18)12-7-8-13(16)14(19)9-12/h7-9,11,19H,2-6,10H2,1H3. The van der Waals surface area contributed by atoms with E-state index in [1.165, 1.54) is 50.3 Å². The summed E-state index contributed by atoms with van der Waals surface area (Å²) in [4.78, 5) is 14.2. The molecule has 0 saturated heterocycles. The van der Waals surface area contributed by atoms with Crippen molar-refractivity contribution >= 4 is 18.5 Å². The highest BCUT2D eigenvalue weighted by Crippen LogP contribution is 2.24. The summed E-state index contributed by atoms with van der Waals surface area (Å²) in [6, 6.07) is 4.32. The van der Waals surface area contributed by atoms with E-state index in [-0.39, 0.29) is 10.8 Å². The zero-order chi connectivity index (χ0) is 13.8. The molecule has 0 atom stereocenters. The summed E-state index contributed by atoms with van der Waals surface area (Å²) in [6.07, 6.45) is 6.26. The Morgan fingerprint density at radius 1 is 1.37 bits per heavy atom. The van der Waals surface area contributed by atoms with Crippen molar-refractivity contribution < 1.29 is 9.18 Å². The van der Waals surface area contributed by atoms with Gasteiger partial charge in [0.15, 0.2) is 0 Å². The van der Waals surface area contributed by atoms with Gasteiger partial charge in [0.2, 0.25) is 0 Å². The van der Waals surface area contributed by atoms with Crippen molar-refractivity contribution in [3.8, 4) is 0 Å². The molecule has 2 rings (SSSR count). The molecule has 0 radical (unpaired) electrons. The lowest BCUT2D eigenvalue weighted by atomic mass is 9.89. The Morgan fingerprint density at radius 2 is 2.05 bits per heavy atom. The van der Waals surface area contributed by atoms with Crippen molar-refractivity contribution in [1.29, 1.82) is 0 Å². The molecule has 0 spiro atoms. The van der Waals surface area contributed by atoms with Crippen molar-refractivity contribution in [2.24, 2.45) is 5.92 Å². The number of benzene rings is 1. The number of carbonyl (C=O) groups is 1. The average molecular weight is 281 g/mol. The van der Waals surface area contributed by atoms with Crippen LogP contribution in [0.3, 0.4) is 0 Å². The minimum atomic E-state index is -0.394. The van der Waals surface area contributed by atoms with Crippen LogP contribution >= 0.6 is 12.6 Å². The number of hydrogen-bond donors (Lipinski definition) is 1. The van der Waals surface area contributed by atoms with E-state index in [0.29, 0.717) is 11.5 Å². The monoisotopic (exact) mass is 281 g/mol. The molecule has 1 saturated carbocycles. The van der Waals surface area contributed by atoms with Crippen LogP contribution in [0.1, 0.15) is 42.5 Å². The zero-order valence-electron chi connectivity index (χ0n) is 11.2. The average Bonchev–Trinajstić information content (AvgIpc) is 2.42. The van der Waals surface area contributed by atoms with Gasteiger partial charge in [-0.25, -0.2) is 4.39 Å². The van der Waals surface area contributed by atoms with Crippen LogP contribution in [0.2, 0.25) is 0 Å². The topological polar surface area (TPSA) is 20.3 Å². The molecule has 0 N–H and O–H groups in total. The zero-order valence-corrected chi connectivity index (χ0v) is 12.1. The van der Waals surface area contributed by atoms with E-state index in [9.17, 15) is 9.18 Å². The lowest BCUT2D eigenvalue weighted by Crippen LogP contribution is -2.32. The minimum absolute atomic E-state index is 0.0547. The Kier molecular flexibility index (Phi) is 4.86. The van der Waals surface area contributed by atoms with Gasteiger partial charge in [0.05, 0.1) is 0 Å².